The molecule has 1 saturated carbocycles. The second-order valence-electron chi connectivity index (χ2n) is 3.54. The summed E-state index contributed by atoms with van der Waals surface area (Å²) in [6.45, 7) is 0. The van der Waals surface area contributed by atoms with E-state index in [4.69, 9.17) is 0 Å². The van der Waals surface area contributed by atoms with Gasteiger partial charge in [0.1, 0.15) is 5.78 Å². The maximum absolute atomic E-state index is 11.4. The molecule has 1 rings (SSSR count). The minimum absolute atomic E-state index is 0.00875. The number of rotatable bonds is 2. The van der Waals surface area contributed by atoms with Crippen molar-refractivity contribution in [2.45, 2.75) is 19.3 Å². The van der Waals surface area contributed by atoms with Gasteiger partial charge < -0.3 is 9.47 Å². The zero-order chi connectivity index (χ0) is 11.4. The van der Waals surface area contributed by atoms with Crippen LogP contribution in [0.3, 0.4) is 0 Å². The van der Waals surface area contributed by atoms with Crippen molar-refractivity contribution in [2.75, 3.05) is 14.2 Å². The molecule has 0 bridgehead atoms. The van der Waals surface area contributed by atoms with Crippen LogP contribution in [0.15, 0.2) is 0 Å². The summed E-state index contributed by atoms with van der Waals surface area (Å²) in [4.78, 5) is 33.9. The number of esters is 2. The van der Waals surface area contributed by atoms with Crippen molar-refractivity contribution >= 4 is 17.7 Å². The monoisotopic (exact) mass is 214 g/mol. The van der Waals surface area contributed by atoms with E-state index in [-0.39, 0.29) is 12.2 Å². The van der Waals surface area contributed by atoms with Crippen LogP contribution in [0.4, 0.5) is 0 Å². The van der Waals surface area contributed by atoms with Crippen molar-refractivity contribution in [3.05, 3.63) is 0 Å². The lowest BCUT2D eigenvalue weighted by Gasteiger charge is -2.26. The molecule has 1 fully saturated rings. The first-order valence-corrected chi connectivity index (χ1v) is 4.77. The van der Waals surface area contributed by atoms with Crippen LogP contribution in [0.5, 0.6) is 0 Å². The van der Waals surface area contributed by atoms with Crippen molar-refractivity contribution in [3.63, 3.8) is 0 Å². The molecule has 0 unspecified atom stereocenters. The van der Waals surface area contributed by atoms with Crippen LogP contribution in [0, 0.1) is 11.8 Å². The molecule has 84 valence electrons. The van der Waals surface area contributed by atoms with Gasteiger partial charge >= 0.3 is 11.9 Å². The van der Waals surface area contributed by atoms with Crippen molar-refractivity contribution in [2.24, 2.45) is 11.8 Å². The highest BCUT2D eigenvalue weighted by Crippen LogP contribution is 2.29. The van der Waals surface area contributed by atoms with Gasteiger partial charge in [-0.15, -0.1) is 0 Å². The Hall–Kier alpha value is -1.39. The first-order valence-electron chi connectivity index (χ1n) is 4.77. The molecule has 0 saturated heterocycles. The average molecular weight is 214 g/mol. The topological polar surface area (TPSA) is 69.7 Å². The molecule has 0 aromatic heterocycles. The van der Waals surface area contributed by atoms with E-state index >= 15 is 0 Å². The van der Waals surface area contributed by atoms with Gasteiger partial charge in [-0.3, -0.25) is 14.4 Å². The SMILES string of the molecule is COC(=O)[C@H]1CCC(=O)C[C@H]1C(=O)OC. The Morgan fingerprint density at radius 1 is 1.13 bits per heavy atom. The highest BCUT2D eigenvalue weighted by atomic mass is 16.5. The van der Waals surface area contributed by atoms with E-state index in [1.165, 1.54) is 14.2 Å². The van der Waals surface area contributed by atoms with Gasteiger partial charge in [-0.2, -0.15) is 0 Å². The molecule has 0 radical (unpaired) electrons. The molecule has 15 heavy (non-hydrogen) atoms. The summed E-state index contributed by atoms with van der Waals surface area (Å²) in [5, 5.41) is 0. The first-order chi connectivity index (χ1) is 7.10. The molecule has 0 N–H and O–H groups in total. The fourth-order valence-electron chi connectivity index (χ4n) is 1.84. The van der Waals surface area contributed by atoms with Crippen LogP contribution in [0.25, 0.3) is 0 Å². The van der Waals surface area contributed by atoms with E-state index in [1.54, 1.807) is 0 Å². The fraction of sp³-hybridized carbons (Fsp3) is 0.700. The summed E-state index contributed by atoms with van der Waals surface area (Å²) in [6, 6.07) is 0. The van der Waals surface area contributed by atoms with Gasteiger partial charge in [0.05, 0.1) is 26.1 Å². The summed E-state index contributed by atoms with van der Waals surface area (Å²) in [5.74, 6) is -2.19. The maximum Gasteiger partial charge on any atom is 0.309 e. The maximum atomic E-state index is 11.4. The quantitative estimate of drug-likeness (QED) is 0.619. The van der Waals surface area contributed by atoms with Crippen molar-refractivity contribution in [3.8, 4) is 0 Å². The molecule has 0 spiro atoms. The van der Waals surface area contributed by atoms with Crippen LogP contribution >= 0.6 is 0 Å². The second kappa shape index (κ2) is 4.91. The predicted molar refractivity (Wildman–Crippen MR) is 49.9 cm³/mol. The zero-order valence-corrected chi connectivity index (χ0v) is 8.82. The number of Topliss-reactive ketones (excluding diaryl/α,β-unsaturated/α-hetero) is 1. The standard InChI is InChI=1S/C10H14O5/c1-14-9(12)7-4-3-6(11)5-8(7)10(13)15-2/h7-8H,3-5H2,1-2H3/t7-,8+/m0/s1. The van der Waals surface area contributed by atoms with E-state index in [0.29, 0.717) is 12.8 Å². The lowest BCUT2D eigenvalue weighted by molar-refractivity contribution is -0.160. The number of ether oxygens (including phenoxy) is 2. The minimum Gasteiger partial charge on any atom is -0.469 e. The lowest BCUT2D eigenvalue weighted by atomic mass is 9.78. The highest BCUT2D eigenvalue weighted by molar-refractivity contribution is 5.90. The Kier molecular flexibility index (Phi) is 3.82. The lowest BCUT2D eigenvalue weighted by Crippen LogP contribution is -2.37. The number of ketones is 1. The van der Waals surface area contributed by atoms with E-state index in [2.05, 4.69) is 9.47 Å². The molecule has 1 aliphatic carbocycles. The molecule has 0 aromatic rings. The number of methoxy groups -OCH3 is 2. The molecule has 5 heteroatoms. The normalized spacial score (nSPS) is 25.9. The third kappa shape index (κ3) is 2.55. The summed E-state index contributed by atoms with van der Waals surface area (Å²) in [5.41, 5.74) is 0. The molecule has 5 nitrogen and oxygen atoms in total. The zero-order valence-electron chi connectivity index (χ0n) is 8.82. The largest absolute Gasteiger partial charge is 0.469 e. The van der Waals surface area contributed by atoms with Gasteiger partial charge in [-0.25, -0.2) is 0 Å². The molecular formula is C10H14O5. The number of carbonyl (C=O) groups is 3. The van der Waals surface area contributed by atoms with Crippen LogP contribution < -0.4 is 0 Å². The fourth-order valence-corrected chi connectivity index (χ4v) is 1.84. The summed E-state index contributed by atoms with van der Waals surface area (Å²) < 4.78 is 9.16. The molecule has 0 aliphatic heterocycles. The highest BCUT2D eigenvalue weighted by Gasteiger charge is 2.40. The number of carbonyl (C=O) groups excluding carboxylic acids is 3. The van der Waals surface area contributed by atoms with Crippen molar-refractivity contribution < 1.29 is 23.9 Å². The van der Waals surface area contributed by atoms with Gasteiger partial charge in [0.25, 0.3) is 0 Å². The van der Waals surface area contributed by atoms with Crippen molar-refractivity contribution in [1.82, 2.24) is 0 Å². The third-order valence-electron chi connectivity index (χ3n) is 2.68. The van der Waals surface area contributed by atoms with Gasteiger partial charge in [0.15, 0.2) is 0 Å². The summed E-state index contributed by atoms with van der Waals surface area (Å²) >= 11 is 0. The number of hydrogen-bond acceptors (Lipinski definition) is 5. The molecule has 0 aromatic carbocycles. The molecule has 1 aliphatic rings. The van der Waals surface area contributed by atoms with Gasteiger partial charge in [-0.05, 0) is 6.42 Å². The van der Waals surface area contributed by atoms with Gasteiger partial charge in [0, 0.05) is 12.8 Å². The van der Waals surface area contributed by atoms with Gasteiger partial charge in [-0.1, -0.05) is 0 Å². The Bertz CT molecular complexity index is 284. The Morgan fingerprint density at radius 3 is 2.20 bits per heavy atom. The smallest absolute Gasteiger partial charge is 0.309 e. The molecule has 0 amide bonds. The minimum atomic E-state index is -0.677. The van der Waals surface area contributed by atoms with Crippen LogP contribution in [-0.4, -0.2) is 31.9 Å². The Labute approximate surface area is 87.7 Å². The van der Waals surface area contributed by atoms with Crippen LogP contribution in [-0.2, 0) is 23.9 Å². The van der Waals surface area contributed by atoms with E-state index in [9.17, 15) is 14.4 Å². The Balaban J connectivity index is 2.79. The predicted octanol–water partition coefficient (Wildman–Crippen LogP) is 0.318. The Morgan fingerprint density at radius 2 is 1.67 bits per heavy atom. The molecule has 2 atom stereocenters. The number of hydrogen-bond donors (Lipinski definition) is 0. The summed E-state index contributed by atoms with van der Waals surface area (Å²) in [6.07, 6.45) is 0.769. The van der Waals surface area contributed by atoms with Gasteiger partial charge in [0.2, 0.25) is 0 Å². The third-order valence-corrected chi connectivity index (χ3v) is 2.68. The molecule has 0 heterocycles. The second-order valence-corrected chi connectivity index (χ2v) is 3.54. The van der Waals surface area contributed by atoms with Crippen LogP contribution in [0.1, 0.15) is 19.3 Å². The first kappa shape index (κ1) is 11.7. The molecular weight excluding hydrogens is 200 g/mol. The van der Waals surface area contributed by atoms with E-state index < -0.39 is 23.8 Å². The summed E-state index contributed by atoms with van der Waals surface area (Å²) in [7, 11) is 2.52. The van der Waals surface area contributed by atoms with E-state index in [0.717, 1.165) is 0 Å². The van der Waals surface area contributed by atoms with Crippen molar-refractivity contribution in [1.29, 1.82) is 0 Å². The average Bonchev–Trinajstić information content (AvgIpc) is 2.26. The van der Waals surface area contributed by atoms with Crippen LogP contribution in [0.2, 0.25) is 0 Å². The van der Waals surface area contributed by atoms with E-state index in [1.807, 2.05) is 0 Å².